The summed E-state index contributed by atoms with van der Waals surface area (Å²) in [6.45, 7) is 0. The normalized spacial score (nSPS) is 11.2. The second-order valence-corrected chi connectivity index (χ2v) is 10.9. The van der Waals surface area contributed by atoms with Crippen molar-refractivity contribution >= 4 is 33.3 Å². The predicted octanol–water partition coefficient (Wildman–Crippen LogP) is 11.1. The minimum absolute atomic E-state index is 1.23. The Labute approximate surface area is 233 Å². The first-order chi connectivity index (χ1) is 19.3. The molecule has 1 heteroatoms. The Morgan fingerprint density at radius 1 is 0.359 bits per heavy atom. The molecule has 0 N–H and O–H groups in total. The molecule has 0 nitrogen and oxygen atoms in total. The fourth-order valence-electron chi connectivity index (χ4n) is 5.37. The van der Waals surface area contributed by atoms with Gasteiger partial charge in [-0.05, 0) is 79.7 Å². The molecule has 0 unspecified atom stereocenters. The van der Waals surface area contributed by atoms with Gasteiger partial charge in [0.25, 0.3) is 0 Å². The van der Waals surface area contributed by atoms with Crippen LogP contribution >= 0.6 is 11.8 Å². The molecule has 0 saturated heterocycles. The van der Waals surface area contributed by atoms with Gasteiger partial charge in [0.15, 0.2) is 0 Å². The van der Waals surface area contributed by atoms with Crippen LogP contribution in [0, 0.1) is 0 Å². The van der Waals surface area contributed by atoms with E-state index in [1.807, 2.05) is 11.8 Å². The molecule has 7 rings (SSSR count). The van der Waals surface area contributed by atoms with Crippen molar-refractivity contribution in [2.75, 3.05) is 0 Å². The summed E-state index contributed by atoms with van der Waals surface area (Å²) in [4.78, 5) is 2.52. The SMILES string of the molecule is c1ccc(-c2ccc(Sc3c(-c4ccccc4)c(-c4ccccc4)cc4cc5ccccc5cc34)cc2)cc1. The molecule has 0 saturated carbocycles. The molecule has 7 aromatic rings. The second-order valence-electron chi connectivity index (χ2n) is 9.77. The summed E-state index contributed by atoms with van der Waals surface area (Å²) >= 11 is 1.86. The van der Waals surface area contributed by atoms with Crippen LogP contribution in [0.5, 0.6) is 0 Å². The van der Waals surface area contributed by atoms with Crippen LogP contribution in [0.25, 0.3) is 54.9 Å². The maximum absolute atomic E-state index is 2.38. The standard InChI is InChI=1S/C38H26S/c1-4-12-27(13-5-1)28-20-22-34(23-21-28)39-38-36-25-32-19-11-10-18-31(32)24-33(36)26-35(29-14-6-2-7-15-29)37(38)30-16-8-3-9-17-30/h1-26H. The average Bonchev–Trinajstić information content (AvgIpc) is 3.01. The fraction of sp³-hybridized carbons (Fsp3) is 0. The smallest absolute Gasteiger partial charge is 0.0285 e. The van der Waals surface area contributed by atoms with Crippen LogP contribution in [0.2, 0.25) is 0 Å². The highest BCUT2D eigenvalue weighted by atomic mass is 32.2. The first-order valence-corrected chi connectivity index (χ1v) is 14.1. The number of hydrogen-bond donors (Lipinski definition) is 0. The van der Waals surface area contributed by atoms with Crippen molar-refractivity contribution in [3.63, 3.8) is 0 Å². The van der Waals surface area contributed by atoms with E-state index in [2.05, 4.69) is 158 Å². The van der Waals surface area contributed by atoms with Crippen molar-refractivity contribution in [3.05, 3.63) is 158 Å². The lowest BCUT2D eigenvalue weighted by Crippen LogP contribution is -1.92. The molecule has 0 heterocycles. The summed E-state index contributed by atoms with van der Waals surface area (Å²) in [6, 6.07) is 56.9. The molecule has 184 valence electrons. The summed E-state index contributed by atoms with van der Waals surface area (Å²) in [7, 11) is 0. The van der Waals surface area contributed by atoms with E-state index in [0.717, 1.165) is 0 Å². The maximum atomic E-state index is 2.38. The summed E-state index contributed by atoms with van der Waals surface area (Å²) in [5.74, 6) is 0. The van der Waals surface area contributed by atoms with Crippen LogP contribution in [0.1, 0.15) is 0 Å². The van der Waals surface area contributed by atoms with Crippen LogP contribution in [0.4, 0.5) is 0 Å². The maximum Gasteiger partial charge on any atom is 0.0285 e. The van der Waals surface area contributed by atoms with Crippen LogP contribution in [-0.4, -0.2) is 0 Å². The first kappa shape index (κ1) is 23.5. The zero-order chi connectivity index (χ0) is 26.0. The van der Waals surface area contributed by atoms with Gasteiger partial charge < -0.3 is 0 Å². The van der Waals surface area contributed by atoms with Crippen LogP contribution in [0.3, 0.4) is 0 Å². The van der Waals surface area contributed by atoms with Crippen molar-refractivity contribution in [2.45, 2.75) is 9.79 Å². The first-order valence-electron chi connectivity index (χ1n) is 13.3. The summed E-state index contributed by atoms with van der Waals surface area (Å²) in [5, 5.41) is 5.07. The van der Waals surface area contributed by atoms with Gasteiger partial charge in [-0.25, -0.2) is 0 Å². The zero-order valence-corrected chi connectivity index (χ0v) is 22.2. The van der Waals surface area contributed by atoms with Crippen LogP contribution in [0.15, 0.2) is 168 Å². The average molecular weight is 515 g/mol. The lowest BCUT2D eigenvalue weighted by atomic mass is 9.90. The van der Waals surface area contributed by atoms with Gasteiger partial charge in [0, 0.05) is 15.4 Å². The number of rotatable bonds is 5. The van der Waals surface area contributed by atoms with Crippen molar-refractivity contribution in [2.24, 2.45) is 0 Å². The van der Waals surface area contributed by atoms with E-state index < -0.39 is 0 Å². The van der Waals surface area contributed by atoms with E-state index in [4.69, 9.17) is 0 Å². The molecule has 0 radical (unpaired) electrons. The third kappa shape index (κ3) is 4.63. The second kappa shape index (κ2) is 10.3. The Morgan fingerprint density at radius 2 is 0.872 bits per heavy atom. The third-order valence-corrected chi connectivity index (χ3v) is 8.42. The summed E-state index contributed by atoms with van der Waals surface area (Å²) < 4.78 is 0. The van der Waals surface area contributed by atoms with Crippen molar-refractivity contribution < 1.29 is 0 Å². The van der Waals surface area contributed by atoms with Gasteiger partial charge in [0.2, 0.25) is 0 Å². The molecule has 0 amide bonds. The Kier molecular flexibility index (Phi) is 6.20. The quantitative estimate of drug-likeness (QED) is 0.206. The van der Waals surface area contributed by atoms with E-state index in [0.29, 0.717) is 0 Å². The minimum atomic E-state index is 1.23. The molecule has 0 aliphatic rings. The summed E-state index contributed by atoms with van der Waals surface area (Å²) in [5.41, 5.74) is 7.47. The highest BCUT2D eigenvalue weighted by molar-refractivity contribution is 7.99. The largest absolute Gasteiger partial charge is 0.0888 e. The van der Waals surface area contributed by atoms with Gasteiger partial charge >= 0.3 is 0 Å². The lowest BCUT2D eigenvalue weighted by molar-refractivity contribution is 1.43. The highest BCUT2D eigenvalue weighted by Crippen LogP contribution is 2.47. The van der Waals surface area contributed by atoms with Gasteiger partial charge in [-0.3, -0.25) is 0 Å². The Balaban J connectivity index is 1.48. The molecule has 0 aliphatic heterocycles. The van der Waals surface area contributed by atoms with Gasteiger partial charge in [-0.1, -0.05) is 139 Å². The molecule has 0 atom stereocenters. The number of fused-ring (bicyclic) bond motifs is 2. The molecular formula is C38H26S. The molecule has 0 aromatic heterocycles. The van der Waals surface area contributed by atoms with E-state index in [1.54, 1.807) is 0 Å². The molecule has 39 heavy (non-hydrogen) atoms. The van der Waals surface area contributed by atoms with Gasteiger partial charge in [-0.15, -0.1) is 0 Å². The monoisotopic (exact) mass is 514 g/mol. The van der Waals surface area contributed by atoms with Gasteiger partial charge in [0.1, 0.15) is 0 Å². The van der Waals surface area contributed by atoms with Gasteiger partial charge in [0.05, 0.1) is 0 Å². The Morgan fingerprint density at radius 3 is 1.51 bits per heavy atom. The predicted molar refractivity (Wildman–Crippen MR) is 168 cm³/mol. The Hall–Kier alpha value is -4.59. The van der Waals surface area contributed by atoms with Crippen molar-refractivity contribution in [1.29, 1.82) is 0 Å². The van der Waals surface area contributed by atoms with Gasteiger partial charge in [-0.2, -0.15) is 0 Å². The van der Waals surface area contributed by atoms with E-state index >= 15 is 0 Å². The van der Waals surface area contributed by atoms with Crippen LogP contribution in [-0.2, 0) is 0 Å². The third-order valence-electron chi connectivity index (χ3n) is 7.29. The number of benzene rings is 7. The van der Waals surface area contributed by atoms with E-state index in [1.165, 1.54) is 64.7 Å². The van der Waals surface area contributed by atoms with Crippen LogP contribution < -0.4 is 0 Å². The van der Waals surface area contributed by atoms with Crippen molar-refractivity contribution in [3.8, 4) is 33.4 Å². The molecule has 0 bridgehead atoms. The van der Waals surface area contributed by atoms with E-state index in [9.17, 15) is 0 Å². The molecule has 7 aromatic carbocycles. The Bertz CT molecular complexity index is 1890. The zero-order valence-electron chi connectivity index (χ0n) is 21.4. The molecule has 0 aliphatic carbocycles. The summed E-state index contributed by atoms with van der Waals surface area (Å²) in [6.07, 6.45) is 0. The fourth-order valence-corrected chi connectivity index (χ4v) is 6.49. The van der Waals surface area contributed by atoms with E-state index in [-0.39, 0.29) is 0 Å². The highest BCUT2D eigenvalue weighted by Gasteiger charge is 2.18. The molecule has 0 fully saturated rings. The molecular weight excluding hydrogens is 488 g/mol. The minimum Gasteiger partial charge on any atom is -0.0888 e. The topological polar surface area (TPSA) is 0 Å². The lowest BCUT2D eigenvalue weighted by Gasteiger charge is -2.19. The number of hydrogen-bond acceptors (Lipinski definition) is 1. The molecule has 0 spiro atoms. The van der Waals surface area contributed by atoms with Crippen molar-refractivity contribution in [1.82, 2.24) is 0 Å².